The standard InChI is InChI=1S/C10H20O3/c1-8(10(11-2)12-3)7-9-5-4-6-13-9/h8-10H,4-7H2,1-3H3. The highest BCUT2D eigenvalue weighted by atomic mass is 16.7. The predicted octanol–water partition coefficient (Wildman–Crippen LogP) is 1.81. The van der Waals surface area contributed by atoms with E-state index in [9.17, 15) is 0 Å². The van der Waals surface area contributed by atoms with Gasteiger partial charge in [0.15, 0.2) is 6.29 Å². The average Bonchev–Trinajstić information content (AvgIpc) is 2.59. The van der Waals surface area contributed by atoms with Crippen LogP contribution in [0.3, 0.4) is 0 Å². The number of methoxy groups -OCH3 is 2. The molecule has 0 aromatic rings. The van der Waals surface area contributed by atoms with Crippen LogP contribution >= 0.6 is 0 Å². The highest BCUT2D eigenvalue weighted by Gasteiger charge is 2.23. The van der Waals surface area contributed by atoms with E-state index in [2.05, 4.69) is 6.92 Å². The van der Waals surface area contributed by atoms with Crippen LogP contribution in [0.25, 0.3) is 0 Å². The normalized spacial score (nSPS) is 25.4. The van der Waals surface area contributed by atoms with Crippen molar-refractivity contribution in [3.63, 3.8) is 0 Å². The molecule has 0 aromatic heterocycles. The van der Waals surface area contributed by atoms with Gasteiger partial charge in [-0.05, 0) is 19.3 Å². The molecule has 78 valence electrons. The zero-order chi connectivity index (χ0) is 9.68. The van der Waals surface area contributed by atoms with Crippen LogP contribution in [0.15, 0.2) is 0 Å². The summed E-state index contributed by atoms with van der Waals surface area (Å²) >= 11 is 0. The predicted molar refractivity (Wildman–Crippen MR) is 50.6 cm³/mol. The van der Waals surface area contributed by atoms with Gasteiger partial charge in [0.1, 0.15) is 0 Å². The lowest BCUT2D eigenvalue weighted by atomic mass is 10.0. The van der Waals surface area contributed by atoms with Crippen molar-refractivity contribution in [2.75, 3.05) is 20.8 Å². The third-order valence-corrected chi connectivity index (χ3v) is 2.59. The maximum atomic E-state index is 5.55. The second-order valence-electron chi connectivity index (χ2n) is 3.69. The second-order valence-corrected chi connectivity index (χ2v) is 3.69. The van der Waals surface area contributed by atoms with E-state index in [0.717, 1.165) is 13.0 Å². The molecule has 2 unspecified atom stereocenters. The lowest BCUT2D eigenvalue weighted by molar-refractivity contribution is -0.140. The summed E-state index contributed by atoms with van der Waals surface area (Å²) in [5.41, 5.74) is 0. The molecule has 0 N–H and O–H groups in total. The Morgan fingerprint density at radius 3 is 2.54 bits per heavy atom. The summed E-state index contributed by atoms with van der Waals surface area (Å²) < 4.78 is 15.9. The van der Waals surface area contributed by atoms with Crippen LogP contribution in [0.2, 0.25) is 0 Å². The van der Waals surface area contributed by atoms with E-state index in [1.807, 2.05) is 0 Å². The van der Waals surface area contributed by atoms with Crippen LogP contribution in [0.1, 0.15) is 26.2 Å². The first kappa shape index (κ1) is 11.0. The van der Waals surface area contributed by atoms with E-state index >= 15 is 0 Å². The third kappa shape index (κ3) is 3.25. The highest BCUT2D eigenvalue weighted by Crippen LogP contribution is 2.22. The Labute approximate surface area is 80.4 Å². The van der Waals surface area contributed by atoms with E-state index < -0.39 is 0 Å². The average molecular weight is 188 g/mol. The Bertz CT molecular complexity index is 128. The van der Waals surface area contributed by atoms with E-state index in [1.54, 1.807) is 14.2 Å². The van der Waals surface area contributed by atoms with Gasteiger partial charge in [-0.3, -0.25) is 0 Å². The van der Waals surface area contributed by atoms with E-state index in [0.29, 0.717) is 12.0 Å². The van der Waals surface area contributed by atoms with Gasteiger partial charge in [0.2, 0.25) is 0 Å². The molecule has 1 rings (SSSR count). The SMILES string of the molecule is COC(OC)C(C)CC1CCCO1. The molecule has 0 spiro atoms. The Morgan fingerprint density at radius 2 is 2.08 bits per heavy atom. The minimum atomic E-state index is -0.0933. The molecule has 1 aliphatic rings. The topological polar surface area (TPSA) is 27.7 Å². The fraction of sp³-hybridized carbons (Fsp3) is 1.00. The molecule has 0 amide bonds. The van der Waals surface area contributed by atoms with Gasteiger partial charge in [-0.1, -0.05) is 6.92 Å². The van der Waals surface area contributed by atoms with E-state index in [4.69, 9.17) is 14.2 Å². The summed E-state index contributed by atoms with van der Waals surface area (Å²) in [7, 11) is 3.36. The number of hydrogen-bond acceptors (Lipinski definition) is 3. The van der Waals surface area contributed by atoms with Crippen molar-refractivity contribution < 1.29 is 14.2 Å². The summed E-state index contributed by atoms with van der Waals surface area (Å²) in [5.74, 6) is 0.401. The molecule has 3 nitrogen and oxygen atoms in total. The molecule has 0 bridgehead atoms. The summed E-state index contributed by atoms with van der Waals surface area (Å²) in [6.45, 7) is 3.06. The van der Waals surface area contributed by atoms with Gasteiger partial charge in [0, 0.05) is 26.7 Å². The Morgan fingerprint density at radius 1 is 1.38 bits per heavy atom. The van der Waals surface area contributed by atoms with E-state index in [-0.39, 0.29) is 6.29 Å². The molecule has 0 aliphatic carbocycles. The van der Waals surface area contributed by atoms with Crippen LogP contribution in [0, 0.1) is 5.92 Å². The molecule has 1 aliphatic heterocycles. The van der Waals surface area contributed by atoms with Gasteiger partial charge < -0.3 is 14.2 Å². The van der Waals surface area contributed by atoms with Gasteiger partial charge in [0.05, 0.1) is 6.10 Å². The number of ether oxygens (including phenoxy) is 3. The van der Waals surface area contributed by atoms with Crippen LogP contribution in [-0.4, -0.2) is 33.2 Å². The molecule has 0 saturated carbocycles. The fourth-order valence-corrected chi connectivity index (χ4v) is 1.92. The van der Waals surface area contributed by atoms with Crippen LogP contribution < -0.4 is 0 Å². The van der Waals surface area contributed by atoms with Crippen LogP contribution in [-0.2, 0) is 14.2 Å². The molecule has 0 aromatic carbocycles. The van der Waals surface area contributed by atoms with Crippen molar-refractivity contribution in [3.05, 3.63) is 0 Å². The van der Waals surface area contributed by atoms with Crippen LogP contribution in [0.4, 0.5) is 0 Å². The Kier molecular flexibility index (Phi) is 4.70. The number of hydrogen-bond donors (Lipinski definition) is 0. The minimum absolute atomic E-state index is 0.0933. The maximum Gasteiger partial charge on any atom is 0.159 e. The molecule has 1 fully saturated rings. The summed E-state index contributed by atoms with van der Waals surface area (Å²) in [6.07, 6.45) is 3.74. The van der Waals surface area contributed by atoms with Crippen molar-refractivity contribution in [2.24, 2.45) is 5.92 Å². The first-order valence-corrected chi connectivity index (χ1v) is 4.95. The quantitative estimate of drug-likeness (QED) is 0.616. The molecule has 13 heavy (non-hydrogen) atoms. The summed E-state index contributed by atoms with van der Waals surface area (Å²) in [4.78, 5) is 0. The molecule has 0 radical (unpaired) electrons. The molecule has 1 heterocycles. The van der Waals surface area contributed by atoms with E-state index in [1.165, 1.54) is 12.8 Å². The zero-order valence-electron chi connectivity index (χ0n) is 8.79. The minimum Gasteiger partial charge on any atom is -0.378 e. The van der Waals surface area contributed by atoms with Crippen molar-refractivity contribution in [1.82, 2.24) is 0 Å². The van der Waals surface area contributed by atoms with Crippen molar-refractivity contribution in [2.45, 2.75) is 38.6 Å². The summed E-state index contributed by atoms with van der Waals surface area (Å²) in [6, 6.07) is 0. The highest BCUT2D eigenvalue weighted by molar-refractivity contribution is 4.69. The lowest BCUT2D eigenvalue weighted by Crippen LogP contribution is -2.26. The fourth-order valence-electron chi connectivity index (χ4n) is 1.92. The van der Waals surface area contributed by atoms with Crippen molar-refractivity contribution in [3.8, 4) is 0 Å². The number of rotatable bonds is 5. The first-order chi connectivity index (χ1) is 6.27. The van der Waals surface area contributed by atoms with Crippen molar-refractivity contribution >= 4 is 0 Å². The second kappa shape index (κ2) is 5.58. The van der Waals surface area contributed by atoms with Gasteiger partial charge >= 0.3 is 0 Å². The third-order valence-electron chi connectivity index (χ3n) is 2.59. The molecule has 1 saturated heterocycles. The molecule has 2 atom stereocenters. The smallest absolute Gasteiger partial charge is 0.159 e. The summed E-state index contributed by atoms with van der Waals surface area (Å²) in [5, 5.41) is 0. The zero-order valence-corrected chi connectivity index (χ0v) is 8.79. The van der Waals surface area contributed by atoms with Gasteiger partial charge in [-0.25, -0.2) is 0 Å². The Hall–Kier alpha value is -0.120. The van der Waals surface area contributed by atoms with Crippen LogP contribution in [0.5, 0.6) is 0 Å². The molecular formula is C10H20O3. The van der Waals surface area contributed by atoms with Gasteiger partial charge in [-0.15, -0.1) is 0 Å². The molecule has 3 heteroatoms. The first-order valence-electron chi connectivity index (χ1n) is 4.95. The maximum absolute atomic E-state index is 5.55. The van der Waals surface area contributed by atoms with Gasteiger partial charge in [-0.2, -0.15) is 0 Å². The lowest BCUT2D eigenvalue weighted by Gasteiger charge is -2.23. The molecular weight excluding hydrogens is 168 g/mol. The monoisotopic (exact) mass is 188 g/mol. The Balaban J connectivity index is 2.25. The van der Waals surface area contributed by atoms with Crippen molar-refractivity contribution in [1.29, 1.82) is 0 Å². The van der Waals surface area contributed by atoms with Gasteiger partial charge in [0.25, 0.3) is 0 Å². The largest absolute Gasteiger partial charge is 0.378 e.